The van der Waals surface area contributed by atoms with Crippen LogP contribution in [-0.2, 0) is 6.42 Å². The number of hydrogen-bond acceptors (Lipinski definition) is 3. The predicted octanol–water partition coefficient (Wildman–Crippen LogP) is 3.76. The number of rotatable bonds is 2. The van der Waals surface area contributed by atoms with Crippen LogP contribution in [0.3, 0.4) is 0 Å². The summed E-state index contributed by atoms with van der Waals surface area (Å²) in [5.41, 5.74) is 1.93. The molecule has 0 spiro atoms. The molecular weight excluding hydrogens is 240 g/mol. The Morgan fingerprint density at radius 2 is 2.17 bits per heavy atom. The van der Waals surface area contributed by atoms with Gasteiger partial charge in [-0.25, -0.2) is 0 Å². The van der Waals surface area contributed by atoms with Gasteiger partial charge in [-0.2, -0.15) is 5.26 Å². The van der Waals surface area contributed by atoms with Crippen molar-refractivity contribution >= 4 is 21.4 Å². The number of fused-ring (bicyclic) bond motifs is 1. The maximum Gasteiger partial charge on any atom is 0.0991 e. The first-order chi connectivity index (χ1) is 8.85. The van der Waals surface area contributed by atoms with Crippen molar-refractivity contribution in [3.63, 3.8) is 0 Å². The largest absolute Gasteiger partial charge is 0.264 e. The van der Waals surface area contributed by atoms with Crippen LogP contribution in [0.4, 0.5) is 0 Å². The number of thiophene rings is 1. The van der Waals surface area contributed by atoms with Crippen LogP contribution in [-0.4, -0.2) is 4.98 Å². The second-order valence-electron chi connectivity index (χ2n) is 4.12. The molecule has 18 heavy (non-hydrogen) atoms. The van der Waals surface area contributed by atoms with Crippen molar-refractivity contribution in [3.05, 3.63) is 64.8 Å². The monoisotopic (exact) mass is 250 g/mol. The molecule has 0 amide bonds. The summed E-state index contributed by atoms with van der Waals surface area (Å²) in [6.45, 7) is 0. The first-order valence-corrected chi connectivity index (χ1v) is 6.48. The second-order valence-corrected chi connectivity index (χ2v) is 5.28. The standard InChI is InChI=1S/C15H10N2S/c16-9-11-3-4-15-13(6-11)8-14(18-15)7-12-2-1-5-17-10-12/h1-6,8,10H,7H2. The van der Waals surface area contributed by atoms with Crippen LogP contribution < -0.4 is 0 Å². The molecular formula is C15H10N2S. The molecule has 0 aliphatic carbocycles. The molecule has 0 N–H and O–H groups in total. The normalized spacial score (nSPS) is 10.4. The van der Waals surface area contributed by atoms with Crippen LogP contribution in [0.1, 0.15) is 16.0 Å². The van der Waals surface area contributed by atoms with Crippen molar-refractivity contribution in [1.82, 2.24) is 4.98 Å². The second kappa shape index (κ2) is 4.59. The minimum Gasteiger partial charge on any atom is -0.264 e. The lowest BCUT2D eigenvalue weighted by Gasteiger charge is -1.95. The first kappa shape index (κ1) is 10.9. The van der Waals surface area contributed by atoms with Crippen LogP contribution in [0.25, 0.3) is 10.1 Å². The van der Waals surface area contributed by atoms with E-state index < -0.39 is 0 Å². The van der Waals surface area contributed by atoms with Crippen molar-refractivity contribution in [1.29, 1.82) is 5.26 Å². The Hall–Kier alpha value is -2.18. The molecule has 2 aromatic heterocycles. The van der Waals surface area contributed by atoms with Gasteiger partial charge in [0.25, 0.3) is 0 Å². The third-order valence-corrected chi connectivity index (χ3v) is 3.91. The van der Waals surface area contributed by atoms with Gasteiger partial charge in [0, 0.05) is 28.4 Å². The molecule has 1 aromatic carbocycles. The zero-order valence-electron chi connectivity index (χ0n) is 9.63. The van der Waals surface area contributed by atoms with Crippen molar-refractivity contribution in [2.75, 3.05) is 0 Å². The Kier molecular flexibility index (Phi) is 2.79. The van der Waals surface area contributed by atoms with Crippen molar-refractivity contribution in [2.45, 2.75) is 6.42 Å². The Balaban J connectivity index is 1.97. The molecule has 0 saturated carbocycles. The van der Waals surface area contributed by atoms with Crippen LogP contribution in [0, 0.1) is 11.3 Å². The summed E-state index contributed by atoms with van der Waals surface area (Å²) in [6, 6.07) is 14.2. The lowest BCUT2D eigenvalue weighted by Crippen LogP contribution is -1.84. The quantitative estimate of drug-likeness (QED) is 0.694. The fraction of sp³-hybridized carbons (Fsp3) is 0.0667. The Morgan fingerprint density at radius 1 is 1.22 bits per heavy atom. The molecule has 0 aliphatic rings. The molecule has 0 saturated heterocycles. The topological polar surface area (TPSA) is 36.7 Å². The summed E-state index contributed by atoms with van der Waals surface area (Å²) < 4.78 is 1.23. The molecule has 0 bridgehead atoms. The van der Waals surface area contributed by atoms with Crippen molar-refractivity contribution < 1.29 is 0 Å². The van der Waals surface area contributed by atoms with Gasteiger partial charge < -0.3 is 0 Å². The Labute approximate surface area is 109 Å². The zero-order valence-corrected chi connectivity index (χ0v) is 10.4. The van der Waals surface area contributed by atoms with Crippen LogP contribution in [0.15, 0.2) is 48.8 Å². The lowest BCUT2D eigenvalue weighted by atomic mass is 10.1. The van der Waals surface area contributed by atoms with E-state index in [2.05, 4.69) is 23.2 Å². The highest BCUT2D eigenvalue weighted by atomic mass is 32.1. The number of benzene rings is 1. The van der Waals surface area contributed by atoms with E-state index in [0.717, 1.165) is 11.8 Å². The third kappa shape index (κ3) is 2.11. The molecule has 2 heterocycles. The summed E-state index contributed by atoms with van der Waals surface area (Å²) in [6.07, 6.45) is 4.58. The van der Waals surface area contributed by atoms with E-state index in [-0.39, 0.29) is 0 Å². The number of nitrogens with zero attached hydrogens (tertiary/aromatic N) is 2. The highest BCUT2D eigenvalue weighted by molar-refractivity contribution is 7.19. The molecule has 0 fully saturated rings. The number of pyridine rings is 1. The van der Waals surface area contributed by atoms with E-state index in [9.17, 15) is 0 Å². The van der Waals surface area contributed by atoms with Crippen LogP contribution in [0.2, 0.25) is 0 Å². The van der Waals surface area contributed by atoms with Gasteiger partial charge in [-0.3, -0.25) is 4.98 Å². The highest BCUT2D eigenvalue weighted by Gasteiger charge is 2.04. The predicted molar refractivity (Wildman–Crippen MR) is 73.6 cm³/mol. The first-order valence-electron chi connectivity index (χ1n) is 5.66. The summed E-state index contributed by atoms with van der Waals surface area (Å²) in [7, 11) is 0. The van der Waals surface area contributed by atoms with Gasteiger partial charge in [0.2, 0.25) is 0 Å². The van der Waals surface area contributed by atoms with Gasteiger partial charge in [-0.05, 0) is 41.3 Å². The molecule has 0 aliphatic heterocycles. The molecule has 0 radical (unpaired) electrons. The maximum atomic E-state index is 8.88. The number of aromatic nitrogens is 1. The smallest absolute Gasteiger partial charge is 0.0991 e. The zero-order chi connectivity index (χ0) is 12.4. The van der Waals surface area contributed by atoms with E-state index in [4.69, 9.17) is 5.26 Å². The van der Waals surface area contributed by atoms with E-state index >= 15 is 0 Å². The number of nitriles is 1. The summed E-state index contributed by atoms with van der Waals surface area (Å²) in [5, 5.41) is 10.0. The van der Waals surface area contributed by atoms with Crippen molar-refractivity contribution in [3.8, 4) is 6.07 Å². The average Bonchev–Trinajstić information content (AvgIpc) is 2.80. The lowest BCUT2D eigenvalue weighted by molar-refractivity contribution is 1.18. The van der Waals surface area contributed by atoms with E-state index in [1.165, 1.54) is 15.1 Å². The van der Waals surface area contributed by atoms with E-state index in [1.54, 1.807) is 17.5 Å². The summed E-state index contributed by atoms with van der Waals surface area (Å²) in [4.78, 5) is 5.42. The van der Waals surface area contributed by atoms with Gasteiger partial charge in [-0.15, -0.1) is 11.3 Å². The fourth-order valence-corrected chi connectivity index (χ4v) is 3.04. The summed E-state index contributed by atoms with van der Waals surface area (Å²) in [5.74, 6) is 0. The van der Waals surface area contributed by atoms with Gasteiger partial charge in [0.1, 0.15) is 0 Å². The maximum absolute atomic E-state index is 8.88. The molecule has 0 atom stereocenters. The van der Waals surface area contributed by atoms with Crippen LogP contribution >= 0.6 is 11.3 Å². The van der Waals surface area contributed by atoms with Crippen LogP contribution in [0.5, 0.6) is 0 Å². The van der Waals surface area contributed by atoms with Crippen molar-refractivity contribution in [2.24, 2.45) is 0 Å². The minimum absolute atomic E-state index is 0.716. The van der Waals surface area contributed by atoms with E-state index in [0.29, 0.717) is 5.56 Å². The fourth-order valence-electron chi connectivity index (χ4n) is 1.96. The Morgan fingerprint density at radius 3 is 2.94 bits per heavy atom. The van der Waals surface area contributed by atoms with Gasteiger partial charge in [-0.1, -0.05) is 6.07 Å². The third-order valence-electron chi connectivity index (χ3n) is 2.80. The molecule has 0 unspecified atom stereocenters. The Bertz CT molecular complexity index is 723. The summed E-state index contributed by atoms with van der Waals surface area (Å²) >= 11 is 1.77. The van der Waals surface area contributed by atoms with Gasteiger partial charge in [0.05, 0.1) is 11.6 Å². The minimum atomic E-state index is 0.716. The molecule has 86 valence electrons. The molecule has 3 heteroatoms. The molecule has 3 rings (SSSR count). The van der Waals surface area contributed by atoms with Gasteiger partial charge >= 0.3 is 0 Å². The SMILES string of the molecule is N#Cc1ccc2sc(Cc3cccnc3)cc2c1. The highest BCUT2D eigenvalue weighted by Crippen LogP contribution is 2.28. The van der Waals surface area contributed by atoms with E-state index in [1.807, 2.05) is 30.5 Å². The number of hydrogen-bond donors (Lipinski definition) is 0. The molecule has 2 nitrogen and oxygen atoms in total. The van der Waals surface area contributed by atoms with Gasteiger partial charge in [0.15, 0.2) is 0 Å². The molecule has 3 aromatic rings. The average molecular weight is 250 g/mol.